The highest BCUT2D eigenvalue weighted by molar-refractivity contribution is 5.72. The highest BCUT2D eigenvalue weighted by Crippen LogP contribution is 2.17. The number of amides is 1. The van der Waals surface area contributed by atoms with Gasteiger partial charge in [-0.2, -0.15) is 0 Å². The van der Waals surface area contributed by atoms with Gasteiger partial charge in [0.25, 0.3) is 5.69 Å². The second-order valence-electron chi connectivity index (χ2n) is 3.65. The van der Waals surface area contributed by atoms with Crippen LogP contribution in [0.4, 0.5) is 5.69 Å². The van der Waals surface area contributed by atoms with Crippen LogP contribution in [0.3, 0.4) is 0 Å². The Balaban J connectivity index is 2.39. The first-order valence-corrected chi connectivity index (χ1v) is 5.29. The van der Waals surface area contributed by atoms with Gasteiger partial charge in [-0.15, -0.1) is 0 Å². The number of carbonyl (C=O) groups excluding carboxylic acids is 1. The van der Waals surface area contributed by atoms with Crippen LogP contribution in [0.1, 0.15) is 6.92 Å². The minimum Gasteiger partial charge on any atom is -0.491 e. The summed E-state index contributed by atoms with van der Waals surface area (Å²) in [6.45, 7) is 1.45. The van der Waals surface area contributed by atoms with E-state index in [1.165, 1.54) is 31.2 Å². The molecular weight excluding hydrogens is 240 g/mol. The maximum Gasteiger partial charge on any atom is 0.269 e. The van der Waals surface area contributed by atoms with Crippen molar-refractivity contribution in [2.45, 2.75) is 13.0 Å². The van der Waals surface area contributed by atoms with E-state index in [4.69, 9.17) is 4.74 Å². The Bertz CT molecular complexity index is 418. The van der Waals surface area contributed by atoms with E-state index in [1.807, 2.05) is 0 Å². The molecule has 0 aliphatic carbocycles. The zero-order chi connectivity index (χ0) is 13.5. The van der Waals surface area contributed by atoms with Crippen LogP contribution in [-0.4, -0.2) is 35.2 Å². The van der Waals surface area contributed by atoms with Gasteiger partial charge in [0, 0.05) is 25.6 Å². The Hall–Kier alpha value is -2.15. The highest BCUT2D eigenvalue weighted by Gasteiger charge is 2.07. The molecule has 0 aliphatic rings. The first-order valence-electron chi connectivity index (χ1n) is 5.29. The molecule has 1 unspecified atom stereocenters. The number of non-ortho nitro benzene ring substituents is 1. The second kappa shape index (κ2) is 6.55. The number of hydrogen-bond donors (Lipinski definition) is 2. The number of carbonyl (C=O) groups is 1. The van der Waals surface area contributed by atoms with Crippen molar-refractivity contribution in [2.75, 3.05) is 13.2 Å². The number of rotatable bonds is 6. The summed E-state index contributed by atoms with van der Waals surface area (Å²) in [5.74, 6) is 0.187. The standard InChI is InChI=1S/C11H14N2O5/c1-8(14)12-6-10(15)7-18-11-4-2-9(3-5-11)13(16)17/h2-5,10,15H,6-7H2,1H3,(H,12,14). The lowest BCUT2D eigenvalue weighted by molar-refractivity contribution is -0.384. The Kier molecular flexibility index (Phi) is 5.06. The van der Waals surface area contributed by atoms with Crippen molar-refractivity contribution in [2.24, 2.45) is 0 Å². The lowest BCUT2D eigenvalue weighted by Gasteiger charge is -2.12. The second-order valence-corrected chi connectivity index (χ2v) is 3.65. The van der Waals surface area contributed by atoms with Crippen LogP contribution in [-0.2, 0) is 4.79 Å². The van der Waals surface area contributed by atoms with Crippen LogP contribution >= 0.6 is 0 Å². The van der Waals surface area contributed by atoms with Gasteiger partial charge in [-0.3, -0.25) is 14.9 Å². The molecule has 0 saturated carbocycles. The van der Waals surface area contributed by atoms with Crippen LogP contribution in [0.25, 0.3) is 0 Å². The molecule has 2 N–H and O–H groups in total. The maximum atomic E-state index is 10.6. The molecule has 1 aromatic rings. The topological polar surface area (TPSA) is 102 Å². The van der Waals surface area contributed by atoms with Crippen LogP contribution in [0, 0.1) is 10.1 Å². The SMILES string of the molecule is CC(=O)NCC(O)COc1ccc([N+](=O)[O-])cc1. The van der Waals surface area contributed by atoms with E-state index in [1.54, 1.807) is 0 Å². The van der Waals surface area contributed by atoms with E-state index < -0.39 is 11.0 Å². The molecule has 1 rings (SSSR count). The molecule has 18 heavy (non-hydrogen) atoms. The van der Waals surface area contributed by atoms with E-state index in [2.05, 4.69) is 5.32 Å². The molecule has 0 aliphatic heterocycles. The van der Waals surface area contributed by atoms with Gasteiger partial charge >= 0.3 is 0 Å². The van der Waals surface area contributed by atoms with Crippen molar-refractivity contribution < 1.29 is 19.6 Å². The maximum absolute atomic E-state index is 10.6. The molecule has 1 aromatic carbocycles. The third-order valence-corrected chi connectivity index (χ3v) is 2.08. The summed E-state index contributed by atoms with van der Waals surface area (Å²) in [5, 5.41) is 22.3. The van der Waals surface area contributed by atoms with Crippen molar-refractivity contribution in [3.63, 3.8) is 0 Å². The Morgan fingerprint density at radius 3 is 2.61 bits per heavy atom. The Labute approximate surface area is 104 Å². The van der Waals surface area contributed by atoms with Gasteiger partial charge in [0.15, 0.2) is 0 Å². The minimum absolute atomic E-state index is 0.00189. The summed E-state index contributed by atoms with van der Waals surface area (Å²) in [6, 6.07) is 5.53. The lowest BCUT2D eigenvalue weighted by atomic mass is 10.3. The van der Waals surface area contributed by atoms with Crippen molar-refractivity contribution >= 4 is 11.6 Å². The Morgan fingerprint density at radius 1 is 1.50 bits per heavy atom. The first kappa shape index (κ1) is 13.9. The van der Waals surface area contributed by atoms with Gasteiger partial charge in [-0.05, 0) is 12.1 Å². The van der Waals surface area contributed by atoms with Crippen LogP contribution in [0.2, 0.25) is 0 Å². The molecule has 0 bridgehead atoms. The monoisotopic (exact) mass is 254 g/mol. The molecule has 1 atom stereocenters. The molecule has 0 fully saturated rings. The highest BCUT2D eigenvalue weighted by atomic mass is 16.6. The fourth-order valence-electron chi connectivity index (χ4n) is 1.18. The normalized spacial score (nSPS) is 11.7. The number of nitrogens with one attached hydrogen (secondary N) is 1. The molecule has 0 heterocycles. The predicted octanol–water partition coefficient (Wildman–Crippen LogP) is 0.471. The number of benzene rings is 1. The van der Waals surface area contributed by atoms with E-state index in [-0.39, 0.29) is 24.7 Å². The molecule has 0 radical (unpaired) electrons. The number of nitro benzene ring substituents is 1. The smallest absolute Gasteiger partial charge is 0.269 e. The molecule has 0 saturated heterocycles. The van der Waals surface area contributed by atoms with Crippen molar-refractivity contribution in [1.29, 1.82) is 0 Å². The molecule has 98 valence electrons. The van der Waals surface area contributed by atoms with Crippen molar-refractivity contribution in [3.05, 3.63) is 34.4 Å². The van der Waals surface area contributed by atoms with Crippen LogP contribution < -0.4 is 10.1 Å². The number of aliphatic hydroxyl groups excluding tert-OH is 1. The van der Waals surface area contributed by atoms with Crippen molar-refractivity contribution in [1.82, 2.24) is 5.32 Å². The van der Waals surface area contributed by atoms with Gasteiger partial charge in [0.2, 0.25) is 5.91 Å². The van der Waals surface area contributed by atoms with Gasteiger partial charge in [-0.25, -0.2) is 0 Å². The third kappa shape index (κ3) is 4.79. The zero-order valence-electron chi connectivity index (χ0n) is 9.83. The average Bonchev–Trinajstić information content (AvgIpc) is 2.34. The summed E-state index contributed by atoms with van der Waals surface area (Å²) < 4.78 is 5.21. The minimum atomic E-state index is -0.830. The summed E-state index contributed by atoms with van der Waals surface area (Å²) in [5.41, 5.74) is -0.0267. The van der Waals surface area contributed by atoms with Crippen LogP contribution in [0.5, 0.6) is 5.75 Å². The average molecular weight is 254 g/mol. The number of nitrogens with zero attached hydrogens (tertiary/aromatic N) is 1. The largest absolute Gasteiger partial charge is 0.491 e. The molecule has 0 aromatic heterocycles. The van der Waals surface area contributed by atoms with Crippen LogP contribution in [0.15, 0.2) is 24.3 Å². The fourth-order valence-corrected chi connectivity index (χ4v) is 1.18. The van der Waals surface area contributed by atoms with E-state index in [0.717, 1.165) is 0 Å². The summed E-state index contributed by atoms with van der Waals surface area (Å²) in [7, 11) is 0. The first-order chi connectivity index (χ1) is 8.49. The predicted molar refractivity (Wildman–Crippen MR) is 63.3 cm³/mol. The number of nitro groups is 1. The molecular formula is C11H14N2O5. The Morgan fingerprint density at radius 2 is 2.11 bits per heavy atom. The molecule has 7 heteroatoms. The molecule has 1 amide bonds. The summed E-state index contributed by atoms with van der Waals surface area (Å²) in [4.78, 5) is 20.5. The molecule has 0 spiro atoms. The number of ether oxygens (including phenoxy) is 1. The van der Waals surface area contributed by atoms with Gasteiger partial charge in [0.05, 0.1) is 4.92 Å². The van der Waals surface area contributed by atoms with Gasteiger partial charge in [-0.1, -0.05) is 0 Å². The van der Waals surface area contributed by atoms with E-state index in [9.17, 15) is 20.0 Å². The van der Waals surface area contributed by atoms with E-state index in [0.29, 0.717) is 5.75 Å². The van der Waals surface area contributed by atoms with Crippen molar-refractivity contribution in [3.8, 4) is 5.75 Å². The summed E-state index contributed by atoms with van der Waals surface area (Å²) in [6.07, 6.45) is -0.830. The zero-order valence-corrected chi connectivity index (χ0v) is 9.83. The van der Waals surface area contributed by atoms with E-state index >= 15 is 0 Å². The van der Waals surface area contributed by atoms with Gasteiger partial charge in [0.1, 0.15) is 18.5 Å². The lowest BCUT2D eigenvalue weighted by Crippen LogP contribution is -2.33. The third-order valence-electron chi connectivity index (χ3n) is 2.08. The summed E-state index contributed by atoms with van der Waals surface area (Å²) >= 11 is 0. The quantitative estimate of drug-likeness (QED) is 0.567. The number of aliphatic hydroxyl groups is 1. The van der Waals surface area contributed by atoms with Gasteiger partial charge < -0.3 is 15.2 Å². The number of hydrogen-bond acceptors (Lipinski definition) is 5. The fraction of sp³-hybridized carbons (Fsp3) is 0.364. The molecule has 7 nitrogen and oxygen atoms in total.